The van der Waals surface area contributed by atoms with Crippen molar-refractivity contribution in [2.45, 2.75) is 6.54 Å². The third-order valence-corrected chi connectivity index (χ3v) is 3.11. The van der Waals surface area contributed by atoms with Crippen LogP contribution in [0.15, 0.2) is 60.7 Å². The predicted molar refractivity (Wildman–Crippen MR) is 84.0 cm³/mol. The summed E-state index contributed by atoms with van der Waals surface area (Å²) in [5.74, 6) is -0.0937. The number of carbonyl (C=O) groups excluding carboxylic acids is 1. The minimum absolute atomic E-state index is 0.0459. The van der Waals surface area contributed by atoms with Crippen LogP contribution in [0.2, 0.25) is 0 Å². The minimum Gasteiger partial charge on any atom is -0.395 e. The van der Waals surface area contributed by atoms with Gasteiger partial charge in [-0.3, -0.25) is 4.79 Å². The summed E-state index contributed by atoms with van der Waals surface area (Å²) in [6, 6.07) is 19.9. The van der Waals surface area contributed by atoms with Crippen LogP contribution in [0.5, 0.6) is 0 Å². The lowest BCUT2D eigenvalue weighted by atomic mass is 10.2. The summed E-state index contributed by atoms with van der Waals surface area (Å²) in [7, 11) is 0. The highest BCUT2D eigenvalue weighted by Gasteiger charge is 2.11. The van der Waals surface area contributed by atoms with Gasteiger partial charge in [-0.25, -0.2) is 0 Å². The fourth-order valence-electron chi connectivity index (χ4n) is 2.11. The van der Waals surface area contributed by atoms with Crippen LogP contribution < -0.4 is 10.2 Å². The zero-order valence-corrected chi connectivity index (χ0v) is 11.9. The molecule has 4 nitrogen and oxygen atoms in total. The number of aliphatic hydroxyl groups is 1. The fourth-order valence-corrected chi connectivity index (χ4v) is 2.11. The van der Waals surface area contributed by atoms with E-state index in [2.05, 4.69) is 5.32 Å². The highest BCUT2D eigenvalue weighted by molar-refractivity contribution is 5.81. The molecule has 0 bridgehead atoms. The van der Waals surface area contributed by atoms with Gasteiger partial charge in [0.15, 0.2) is 0 Å². The molecule has 0 spiro atoms. The minimum atomic E-state index is -0.0937. The fraction of sp³-hybridized carbons (Fsp3) is 0.235. The van der Waals surface area contributed by atoms with Crippen LogP contribution >= 0.6 is 0 Å². The monoisotopic (exact) mass is 284 g/mol. The normalized spacial score (nSPS) is 10.1. The van der Waals surface area contributed by atoms with Crippen LogP contribution in [-0.4, -0.2) is 30.7 Å². The second kappa shape index (κ2) is 8.07. The Labute approximate surface area is 125 Å². The maximum Gasteiger partial charge on any atom is 0.239 e. The Morgan fingerprint density at radius 1 is 1.00 bits per heavy atom. The molecule has 4 heteroatoms. The van der Waals surface area contributed by atoms with E-state index in [9.17, 15) is 4.79 Å². The van der Waals surface area contributed by atoms with Crippen LogP contribution in [0, 0.1) is 0 Å². The first-order chi connectivity index (χ1) is 10.3. The molecule has 0 heterocycles. The van der Waals surface area contributed by atoms with Gasteiger partial charge in [-0.05, 0) is 17.7 Å². The molecule has 0 fully saturated rings. The Morgan fingerprint density at radius 3 is 2.24 bits per heavy atom. The van der Waals surface area contributed by atoms with E-state index in [-0.39, 0.29) is 25.6 Å². The molecule has 0 saturated heterocycles. The SMILES string of the molecule is O=C(CN(Cc1ccccc1)c1ccccc1)NCCO. The molecule has 2 rings (SSSR count). The van der Waals surface area contributed by atoms with Crippen LogP contribution in [0.1, 0.15) is 5.56 Å². The number of carbonyl (C=O) groups is 1. The van der Waals surface area contributed by atoms with Gasteiger partial charge in [-0.1, -0.05) is 48.5 Å². The summed E-state index contributed by atoms with van der Waals surface area (Å²) in [5.41, 5.74) is 2.15. The first-order valence-electron chi connectivity index (χ1n) is 7.01. The smallest absolute Gasteiger partial charge is 0.239 e. The zero-order chi connectivity index (χ0) is 14.9. The Bertz CT molecular complexity index is 543. The lowest BCUT2D eigenvalue weighted by molar-refractivity contribution is -0.119. The van der Waals surface area contributed by atoms with E-state index in [1.165, 1.54) is 0 Å². The van der Waals surface area contributed by atoms with Crippen LogP contribution in [0.3, 0.4) is 0 Å². The number of hydrogen-bond donors (Lipinski definition) is 2. The summed E-state index contributed by atoms with van der Waals surface area (Å²) >= 11 is 0. The third kappa shape index (κ3) is 4.93. The van der Waals surface area contributed by atoms with Crippen LogP contribution in [0.4, 0.5) is 5.69 Å². The van der Waals surface area contributed by atoms with Crippen molar-refractivity contribution in [1.82, 2.24) is 5.32 Å². The number of benzene rings is 2. The van der Waals surface area contributed by atoms with Crippen molar-refractivity contribution in [3.63, 3.8) is 0 Å². The molecule has 0 aliphatic rings. The standard InChI is InChI=1S/C17H20N2O2/c20-12-11-18-17(21)14-19(16-9-5-2-6-10-16)13-15-7-3-1-4-8-15/h1-10,20H,11-14H2,(H,18,21). The van der Waals surface area contributed by atoms with E-state index in [1.54, 1.807) is 0 Å². The molecule has 110 valence electrons. The lowest BCUT2D eigenvalue weighted by Gasteiger charge is -2.24. The van der Waals surface area contributed by atoms with Gasteiger partial charge in [0.05, 0.1) is 13.2 Å². The molecule has 0 saturated carbocycles. The number of rotatable bonds is 7. The van der Waals surface area contributed by atoms with Crippen molar-refractivity contribution in [3.8, 4) is 0 Å². The molecule has 0 aromatic heterocycles. The highest BCUT2D eigenvalue weighted by Crippen LogP contribution is 2.16. The van der Waals surface area contributed by atoms with E-state index in [0.29, 0.717) is 6.54 Å². The Balaban J connectivity index is 2.09. The van der Waals surface area contributed by atoms with Gasteiger partial charge in [-0.15, -0.1) is 0 Å². The molecule has 2 aromatic carbocycles. The number of hydrogen-bond acceptors (Lipinski definition) is 3. The second-order valence-electron chi connectivity index (χ2n) is 4.75. The van der Waals surface area contributed by atoms with Crippen molar-refractivity contribution in [3.05, 3.63) is 66.2 Å². The van der Waals surface area contributed by atoms with E-state index in [0.717, 1.165) is 11.3 Å². The third-order valence-electron chi connectivity index (χ3n) is 3.11. The molecule has 0 aliphatic heterocycles. The molecular weight excluding hydrogens is 264 g/mol. The average molecular weight is 284 g/mol. The number of para-hydroxylation sites is 1. The zero-order valence-electron chi connectivity index (χ0n) is 11.9. The van der Waals surface area contributed by atoms with Gasteiger partial charge in [0.2, 0.25) is 5.91 Å². The van der Waals surface area contributed by atoms with Crippen molar-refractivity contribution in [1.29, 1.82) is 0 Å². The number of anilines is 1. The van der Waals surface area contributed by atoms with Gasteiger partial charge in [0, 0.05) is 18.8 Å². The van der Waals surface area contributed by atoms with Gasteiger partial charge in [0.25, 0.3) is 0 Å². The van der Waals surface area contributed by atoms with Gasteiger partial charge in [0.1, 0.15) is 0 Å². The lowest BCUT2D eigenvalue weighted by Crippen LogP contribution is -2.38. The molecule has 0 radical (unpaired) electrons. The maximum absolute atomic E-state index is 11.9. The quantitative estimate of drug-likeness (QED) is 0.815. The van der Waals surface area contributed by atoms with Crippen molar-refractivity contribution >= 4 is 11.6 Å². The first-order valence-corrected chi connectivity index (χ1v) is 7.01. The molecule has 0 atom stereocenters. The summed E-state index contributed by atoms with van der Waals surface area (Å²) in [4.78, 5) is 13.9. The van der Waals surface area contributed by atoms with E-state index >= 15 is 0 Å². The second-order valence-corrected chi connectivity index (χ2v) is 4.75. The molecule has 0 aliphatic carbocycles. The van der Waals surface area contributed by atoms with E-state index in [4.69, 9.17) is 5.11 Å². The summed E-state index contributed by atoms with van der Waals surface area (Å²) in [6.07, 6.45) is 0. The summed E-state index contributed by atoms with van der Waals surface area (Å²) in [5, 5.41) is 11.5. The summed E-state index contributed by atoms with van der Waals surface area (Å²) < 4.78 is 0. The van der Waals surface area contributed by atoms with E-state index in [1.807, 2.05) is 65.6 Å². The van der Waals surface area contributed by atoms with Crippen LogP contribution in [0.25, 0.3) is 0 Å². The van der Waals surface area contributed by atoms with Crippen molar-refractivity contribution in [2.75, 3.05) is 24.6 Å². The first kappa shape index (κ1) is 15.1. The molecule has 0 unspecified atom stereocenters. The van der Waals surface area contributed by atoms with Gasteiger partial charge in [-0.2, -0.15) is 0 Å². The number of nitrogens with one attached hydrogen (secondary N) is 1. The Hall–Kier alpha value is -2.33. The molecule has 1 amide bonds. The Morgan fingerprint density at radius 2 is 1.62 bits per heavy atom. The van der Waals surface area contributed by atoms with Gasteiger partial charge < -0.3 is 15.3 Å². The van der Waals surface area contributed by atoms with Gasteiger partial charge >= 0.3 is 0 Å². The number of nitrogens with zero attached hydrogens (tertiary/aromatic N) is 1. The molecule has 2 aromatic rings. The highest BCUT2D eigenvalue weighted by atomic mass is 16.3. The van der Waals surface area contributed by atoms with Crippen LogP contribution in [-0.2, 0) is 11.3 Å². The Kier molecular flexibility index (Phi) is 5.79. The number of amides is 1. The topological polar surface area (TPSA) is 52.6 Å². The van der Waals surface area contributed by atoms with Crippen molar-refractivity contribution in [2.24, 2.45) is 0 Å². The molecule has 21 heavy (non-hydrogen) atoms. The number of aliphatic hydroxyl groups excluding tert-OH is 1. The average Bonchev–Trinajstić information content (AvgIpc) is 2.54. The van der Waals surface area contributed by atoms with E-state index < -0.39 is 0 Å². The van der Waals surface area contributed by atoms with Crippen molar-refractivity contribution < 1.29 is 9.90 Å². The summed E-state index contributed by atoms with van der Waals surface area (Å²) in [6.45, 7) is 1.17. The molecule has 2 N–H and O–H groups in total. The molecular formula is C17H20N2O2. The maximum atomic E-state index is 11.9. The largest absolute Gasteiger partial charge is 0.395 e. The predicted octanol–water partition coefficient (Wildman–Crippen LogP) is 1.80.